The third kappa shape index (κ3) is 4.55. The summed E-state index contributed by atoms with van der Waals surface area (Å²) >= 11 is 0. The van der Waals surface area contributed by atoms with E-state index in [0.717, 1.165) is 17.2 Å². The number of carbonyl (C=O) groups excluding carboxylic acids is 2. The summed E-state index contributed by atoms with van der Waals surface area (Å²) < 4.78 is 4.80. The number of carbonyl (C=O) groups is 2. The van der Waals surface area contributed by atoms with Crippen LogP contribution >= 0.6 is 0 Å². The molecule has 0 unspecified atom stereocenters. The summed E-state index contributed by atoms with van der Waals surface area (Å²) in [4.78, 5) is 24.3. The van der Waals surface area contributed by atoms with Crippen molar-refractivity contribution in [2.45, 2.75) is 32.7 Å². The van der Waals surface area contributed by atoms with Crippen molar-refractivity contribution in [1.29, 1.82) is 0 Å². The van der Waals surface area contributed by atoms with Crippen LogP contribution in [0.1, 0.15) is 37.0 Å². The van der Waals surface area contributed by atoms with E-state index in [4.69, 9.17) is 4.74 Å². The van der Waals surface area contributed by atoms with Gasteiger partial charge in [0, 0.05) is 5.56 Å². The lowest BCUT2D eigenvalue weighted by molar-refractivity contribution is -0.143. The zero-order valence-electron chi connectivity index (χ0n) is 13.8. The van der Waals surface area contributed by atoms with Crippen molar-refractivity contribution in [1.82, 2.24) is 5.32 Å². The number of rotatable bonds is 6. The Balaban J connectivity index is 2.14. The lowest BCUT2D eigenvalue weighted by Gasteiger charge is -2.17. The maximum absolute atomic E-state index is 12.4. The molecule has 2 rings (SSSR count). The van der Waals surface area contributed by atoms with E-state index in [9.17, 15) is 9.59 Å². The molecule has 0 aliphatic rings. The SMILES string of the molecule is COC(=O)[C@H](CCC(C)C)NC(=O)c1ccc2ccccc2c1. The number of hydrogen-bond donors (Lipinski definition) is 1. The minimum atomic E-state index is -0.610. The van der Waals surface area contributed by atoms with Crippen LogP contribution in [0.2, 0.25) is 0 Å². The van der Waals surface area contributed by atoms with Crippen LogP contribution in [0, 0.1) is 5.92 Å². The fourth-order valence-electron chi connectivity index (χ4n) is 2.46. The highest BCUT2D eigenvalue weighted by atomic mass is 16.5. The first-order chi connectivity index (χ1) is 11.0. The quantitative estimate of drug-likeness (QED) is 0.830. The van der Waals surface area contributed by atoms with Gasteiger partial charge in [-0.2, -0.15) is 0 Å². The van der Waals surface area contributed by atoms with Gasteiger partial charge in [-0.1, -0.05) is 44.2 Å². The number of hydrogen-bond acceptors (Lipinski definition) is 3. The lowest BCUT2D eigenvalue weighted by atomic mass is 10.0. The van der Waals surface area contributed by atoms with Crippen molar-refractivity contribution in [2.24, 2.45) is 5.92 Å². The minimum absolute atomic E-state index is 0.255. The van der Waals surface area contributed by atoms with Crippen LogP contribution in [0.5, 0.6) is 0 Å². The second kappa shape index (κ2) is 7.77. The Morgan fingerprint density at radius 2 is 1.74 bits per heavy atom. The molecule has 1 amide bonds. The van der Waals surface area contributed by atoms with Crippen LogP contribution in [0.15, 0.2) is 42.5 Å². The number of benzene rings is 2. The van der Waals surface area contributed by atoms with E-state index < -0.39 is 12.0 Å². The van der Waals surface area contributed by atoms with Crippen molar-refractivity contribution in [2.75, 3.05) is 7.11 Å². The minimum Gasteiger partial charge on any atom is -0.467 e. The third-order valence-electron chi connectivity index (χ3n) is 3.84. The van der Waals surface area contributed by atoms with E-state index in [2.05, 4.69) is 19.2 Å². The number of nitrogens with one attached hydrogen (secondary N) is 1. The Labute approximate surface area is 136 Å². The fourth-order valence-corrected chi connectivity index (χ4v) is 2.46. The van der Waals surface area contributed by atoms with E-state index in [0.29, 0.717) is 17.9 Å². The molecule has 0 saturated heterocycles. The van der Waals surface area contributed by atoms with Crippen LogP contribution in [-0.2, 0) is 9.53 Å². The predicted molar refractivity (Wildman–Crippen MR) is 91.3 cm³/mol. The first-order valence-corrected chi connectivity index (χ1v) is 7.88. The number of ether oxygens (including phenoxy) is 1. The predicted octanol–water partition coefficient (Wildman–Crippen LogP) is 3.55. The molecule has 0 bridgehead atoms. The number of esters is 1. The molecule has 0 aliphatic heterocycles. The molecule has 122 valence electrons. The average molecular weight is 313 g/mol. The highest BCUT2D eigenvalue weighted by Crippen LogP contribution is 2.16. The molecule has 2 aromatic rings. The van der Waals surface area contributed by atoms with Crippen molar-refractivity contribution >= 4 is 22.6 Å². The molecule has 0 aromatic heterocycles. The topological polar surface area (TPSA) is 55.4 Å². The van der Waals surface area contributed by atoms with Gasteiger partial charge in [0.15, 0.2) is 0 Å². The van der Waals surface area contributed by atoms with Crippen molar-refractivity contribution < 1.29 is 14.3 Å². The van der Waals surface area contributed by atoms with E-state index in [-0.39, 0.29) is 5.91 Å². The molecule has 23 heavy (non-hydrogen) atoms. The lowest BCUT2D eigenvalue weighted by Crippen LogP contribution is -2.41. The zero-order valence-corrected chi connectivity index (χ0v) is 13.8. The van der Waals surface area contributed by atoms with Gasteiger partial charge in [0.1, 0.15) is 6.04 Å². The fraction of sp³-hybridized carbons (Fsp3) is 0.368. The maximum Gasteiger partial charge on any atom is 0.328 e. The Morgan fingerprint density at radius 3 is 2.39 bits per heavy atom. The standard InChI is InChI=1S/C19H23NO3/c1-13(2)8-11-17(19(22)23-3)20-18(21)16-10-9-14-6-4-5-7-15(14)12-16/h4-7,9-10,12-13,17H,8,11H2,1-3H3,(H,20,21)/t17-/m0/s1. The van der Waals surface area contributed by atoms with Crippen molar-refractivity contribution in [3.8, 4) is 0 Å². The first-order valence-electron chi connectivity index (χ1n) is 7.88. The molecule has 4 nitrogen and oxygen atoms in total. The number of amides is 1. The first kappa shape index (κ1) is 17.0. The Bertz CT molecular complexity index is 694. The summed E-state index contributed by atoms with van der Waals surface area (Å²) in [6.45, 7) is 4.17. The molecule has 0 fully saturated rings. The monoisotopic (exact) mass is 313 g/mol. The van der Waals surface area contributed by atoms with Gasteiger partial charge in [0.25, 0.3) is 5.91 Å². The number of methoxy groups -OCH3 is 1. The van der Waals surface area contributed by atoms with E-state index >= 15 is 0 Å². The Morgan fingerprint density at radius 1 is 1.04 bits per heavy atom. The summed E-state index contributed by atoms with van der Waals surface area (Å²) in [7, 11) is 1.34. The zero-order chi connectivity index (χ0) is 16.8. The van der Waals surface area contributed by atoms with Gasteiger partial charge in [-0.15, -0.1) is 0 Å². The molecule has 4 heteroatoms. The molecule has 2 aromatic carbocycles. The van der Waals surface area contributed by atoms with Gasteiger partial charge in [-0.05, 0) is 41.7 Å². The number of fused-ring (bicyclic) bond motifs is 1. The van der Waals surface area contributed by atoms with Gasteiger partial charge < -0.3 is 10.1 Å². The second-order valence-corrected chi connectivity index (χ2v) is 6.08. The third-order valence-corrected chi connectivity index (χ3v) is 3.84. The molecule has 0 spiro atoms. The second-order valence-electron chi connectivity index (χ2n) is 6.08. The molecule has 1 atom stereocenters. The summed E-state index contributed by atoms with van der Waals surface area (Å²) in [5.74, 6) is -0.200. The van der Waals surface area contributed by atoms with E-state index in [1.165, 1.54) is 7.11 Å². The highest BCUT2D eigenvalue weighted by molar-refractivity contribution is 6.00. The largest absolute Gasteiger partial charge is 0.467 e. The Kier molecular flexibility index (Phi) is 5.74. The molecule has 0 radical (unpaired) electrons. The van der Waals surface area contributed by atoms with Gasteiger partial charge in [0.05, 0.1) is 7.11 Å². The van der Waals surface area contributed by atoms with Gasteiger partial charge in [0.2, 0.25) is 0 Å². The normalized spacial score (nSPS) is 12.2. The molecule has 0 heterocycles. The summed E-state index contributed by atoms with van der Waals surface area (Å²) in [6, 6.07) is 12.8. The van der Waals surface area contributed by atoms with Crippen LogP contribution in [0.4, 0.5) is 0 Å². The van der Waals surface area contributed by atoms with Gasteiger partial charge in [-0.25, -0.2) is 4.79 Å². The molecular formula is C19H23NO3. The molecular weight excluding hydrogens is 290 g/mol. The van der Waals surface area contributed by atoms with Gasteiger partial charge in [-0.3, -0.25) is 4.79 Å². The summed E-state index contributed by atoms with van der Waals surface area (Å²) in [6.07, 6.45) is 1.42. The van der Waals surface area contributed by atoms with Crippen molar-refractivity contribution in [3.05, 3.63) is 48.0 Å². The van der Waals surface area contributed by atoms with Crippen LogP contribution in [0.25, 0.3) is 10.8 Å². The Hall–Kier alpha value is -2.36. The maximum atomic E-state index is 12.4. The van der Waals surface area contributed by atoms with E-state index in [1.807, 2.05) is 36.4 Å². The van der Waals surface area contributed by atoms with Crippen LogP contribution < -0.4 is 5.32 Å². The summed E-state index contributed by atoms with van der Waals surface area (Å²) in [5.41, 5.74) is 0.544. The molecule has 0 saturated carbocycles. The molecule has 0 aliphatic carbocycles. The van der Waals surface area contributed by atoms with Crippen molar-refractivity contribution in [3.63, 3.8) is 0 Å². The molecule has 1 N–H and O–H groups in total. The smallest absolute Gasteiger partial charge is 0.328 e. The van der Waals surface area contributed by atoms with Crippen LogP contribution in [0.3, 0.4) is 0 Å². The van der Waals surface area contributed by atoms with E-state index in [1.54, 1.807) is 6.07 Å². The average Bonchev–Trinajstić information content (AvgIpc) is 2.57. The van der Waals surface area contributed by atoms with Crippen LogP contribution in [-0.4, -0.2) is 25.0 Å². The summed E-state index contributed by atoms with van der Waals surface area (Å²) in [5, 5.41) is 4.86. The van der Waals surface area contributed by atoms with Gasteiger partial charge >= 0.3 is 5.97 Å². The highest BCUT2D eigenvalue weighted by Gasteiger charge is 2.22.